The number of likely N-dealkylation sites (N-methyl/N-ethyl adjacent to an activating group) is 1. The lowest BCUT2D eigenvalue weighted by atomic mass is 10.3. The quantitative estimate of drug-likeness (QED) is 0.816. The Morgan fingerprint density at radius 1 is 1.13 bits per heavy atom. The zero-order chi connectivity index (χ0) is 16.7. The van der Waals surface area contributed by atoms with Crippen LogP contribution in [0.2, 0.25) is 0 Å². The van der Waals surface area contributed by atoms with Crippen molar-refractivity contribution in [2.45, 2.75) is 13.5 Å². The molecule has 23 heavy (non-hydrogen) atoms. The summed E-state index contributed by atoms with van der Waals surface area (Å²) in [5, 5.41) is 5.02. The molecule has 2 aromatic rings. The maximum absolute atomic E-state index is 12.8. The van der Waals surface area contributed by atoms with Crippen LogP contribution in [0.1, 0.15) is 23.2 Å². The van der Waals surface area contributed by atoms with Crippen LogP contribution in [0.3, 0.4) is 0 Å². The standard InChI is InChI=1S/C16H17FN2O4/c1-2-18-15(20)9-19-16(21)14-8-7-13(23-14)10-22-12-5-3-11(17)4-6-12/h3-8H,2,9-10H2,1H3,(H,18,20)(H,19,21). The molecule has 1 aromatic heterocycles. The van der Waals surface area contributed by atoms with E-state index in [1.807, 2.05) is 0 Å². The molecule has 6 nitrogen and oxygen atoms in total. The van der Waals surface area contributed by atoms with Gasteiger partial charge in [-0.15, -0.1) is 0 Å². The summed E-state index contributed by atoms with van der Waals surface area (Å²) in [6.45, 7) is 2.28. The van der Waals surface area contributed by atoms with E-state index in [1.54, 1.807) is 13.0 Å². The molecule has 0 saturated carbocycles. The van der Waals surface area contributed by atoms with E-state index in [1.165, 1.54) is 30.3 Å². The molecule has 0 atom stereocenters. The monoisotopic (exact) mass is 320 g/mol. The number of furan rings is 1. The second kappa shape index (κ2) is 7.98. The van der Waals surface area contributed by atoms with Gasteiger partial charge in [0.1, 0.15) is 23.9 Å². The van der Waals surface area contributed by atoms with Crippen molar-refractivity contribution in [3.8, 4) is 5.75 Å². The van der Waals surface area contributed by atoms with Crippen LogP contribution in [0.15, 0.2) is 40.8 Å². The average molecular weight is 320 g/mol. The van der Waals surface area contributed by atoms with Crippen molar-refractivity contribution in [1.82, 2.24) is 10.6 Å². The van der Waals surface area contributed by atoms with E-state index < -0.39 is 5.91 Å². The van der Waals surface area contributed by atoms with E-state index in [0.29, 0.717) is 18.1 Å². The minimum Gasteiger partial charge on any atom is -0.486 e. The van der Waals surface area contributed by atoms with Crippen LogP contribution in [0, 0.1) is 5.82 Å². The molecule has 1 heterocycles. The van der Waals surface area contributed by atoms with Gasteiger partial charge in [-0.25, -0.2) is 4.39 Å². The highest BCUT2D eigenvalue weighted by atomic mass is 19.1. The molecular formula is C16H17FN2O4. The number of rotatable bonds is 7. The second-order valence-electron chi connectivity index (χ2n) is 4.64. The van der Waals surface area contributed by atoms with Crippen LogP contribution in [0.25, 0.3) is 0 Å². The summed E-state index contributed by atoms with van der Waals surface area (Å²) in [6, 6.07) is 8.67. The van der Waals surface area contributed by atoms with Crippen molar-refractivity contribution >= 4 is 11.8 Å². The highest BCUT2D eigenvalue weighted by molar-refractivity contribution is 5.94. The molecule has 2 N–H and O–H groups in total. The van der Waals surface area contributed by atoms with Gasteiger partial charge in [0.15, 0.2) is 5.76 Å². The lowest BCUT2D eigenvalue weighted by Gasteiger charge is -2.04. The smallest absolute Gasteiger partial charge is 0.287 e. The summed E-state index contributed by atoms with van der Waals surface area (Å²) >= 11 is 0. The first kappa shape index (κ1) is 16.5. The highest BCUT2D eigenvalue weighted by Gasteiger charge is 2.12. The van der Waals surface area contributed by atoms with Gasteiger partial charge < -0.3 is 19.8 Å². The first-order chi connectivity index (χ1) is 11.1. The summed E-state index contributed by atoms with van der Waals surface area (Å²) in [5.41, 5.74) is 0. The van der Waals surface area contributed by atoms with Crippen molar-refractivity contribution in [2.24, 2.45) is 0 Å². The fourth-order valence-electron chi connectivity index (χ4n) is 1.77. The van der Waals surface area contributed by atoms with Gasteiger partial charge in [0, 0.05) is 6.54 Å². The maximum Gasteiger partial charge on any atom is 0.287 e. The molecule has 122 valence electrons. The summed E-state index contributed by atoms with van der Waals surface area (Å²) in [7, 11) is 0. The number of ether oxygens (including phenoxy) is 1. The fourth-order valence-corrected chi connectivity index (χ4v) is 1.77. The number of hydrogen-bond donors (Lipinski definition) is 2. The lowest BCUT2D eigenvalue weighted by Crippen LogP contribution is -2.36. The molecular weight excluding hydrogens is 303 g/mol. The Morgan fingerprint density at radius 2 is 1.87 bits per heavy atom. The van der Waals surface area contributed by atoms with Gasteiger partial charge in [0.25, 0.3) is 5.91 Å². The molecule has 0 unspecified atom stereocenters. The van der Waals surface area contributed by atoms with Crippen molar-refractivity contribution in [2.75, 3.05) is 13.1 Å². The van der Waals surface area contributed by atoms with Crippen LogP contribution < -0.4 is 15.4 Å². The molecule has 0 bridgehead atoms. The lowest BCUT2D eigenvalue weighted by molar-refractivity contribution is -0.120. The van der Waals surface area contributed by atoms with Crippen LogP contribution >= 0.6 is 0 Å². The SMILES string of the molecule is CCNC(=O)CNC(=O)c1ccc(COc2ccc(F)cc2)o1. The first-order valence-corrected chi connectivity index (χ1v) is 7.10. The number of carbonyl (C=O) groups excluding carboxylic acids is 2. The molecule has 0 spiro atoms. The van der Waals surface area contributed by atoms with Gasteiger partial charge >= 0.3 is 0 Å². The minimum absolute atomic E-state index is 0.0898. The zero-order valence-corrected chi connectivity index (χ0v) is 12.6. The summed E-state index contributed by atoms with van der Waals surface area (Å²) in [6.07, 6.45) is 0. The maximum atomic E-state index is 12.8. The van der Waals surface area contributed by atoms with Gasteiger partial charge in [-0.05, 0) is 43.3 Å². The number of benzene rings is 1. The number of carbonyl (C=O) groups is 2. The molecule has 0 aliphatic heterocycles. The predicted molar refractivity (Wildman–Crippen MR) is 80.5 cm³/mol. The topological polar surface area (TPSA) is 80.6 Å². The Labute approximate surface area is 132 Å². The Balaban J connectivity index is 1.83. The van der Waals surface area contributed by atoms with Crippen LogP contribution in [0.4, 0.5) is 4.39 Å². The van der Waals surface area contributed by atoms with Crippen LogP contribution in [-0.2, 0) is 11.4 Å². The summed E-state index contributed by atoms with van der Waals surface area (Å²) in [5.74, 6) is -0.0764. The van der Waals surface area contributed by atoms with Gasteiger partial charge in [-0.3, -0.25) is 9.59 Å². The number of hydrogen-bond acceptors (Lipinski definition) is 4. The van der Waals surface area contributed by atoms with Crippen molar-refractivity contribution < 1.29 is 23.1 Å². The van der Waals surface area contributed by atoms with Gasteiger partial charge in [0.2, 0.25) is 5.91 Å². The molecule has 1 aromatic carbocycles. The highest BCUT2D eigenvalue weighted by Crippen LogP contribution is 2.15. The van der Waals surface area contributed by atoms with E-state index in [9.17, 15) is 14.0 Å². The van der Waals surface area contributed by atoms with Crippen molar-refractivity contribution in [1.29, 1.82) is 0 Å². The van der Waals surface area contributed by atoms with E-state index in [0.717, 1.165) is 0 Å². The third kappa shape index (κ3) is 5.14. The third-order valence-electron chi connectivity index (χ3n) is 2.86. The van der Waals surface area contributed by atoms with Crippen LogP contribution in [-0.4, -0.2) is 24.9 Å². The first-order valence-electron chi connectivity index (χ1n) is 7.10. The summed E-state index contributed by atoms with van der Waals surface area (Å²) in [4.78, 5) is 23.1. The molecule has 0 aliphatic carbocycles. The normalized spacial score (nSPS) is 10.2. The second-order valence-corrected chi connectivity index (χ2v) is 4.64. The molecule has 7 heteroatoms. The summed E-state index contributed by atoms with van der Waals surface area (Å²) < 4.78 is 23.5. The van der Waals surface area contributed by atoms with E-state index >= 15 is 0 Å². The van der Waals surface area contributed by atoms with Gasteiger partial charge in [-0.1, -0.05) is 0 Å². The van der Waals surface area contributed by atoms with Gasteiger partial charge in [0.05, 0.1) is 6.54 Å². The largest absolute Gasteiger partial charge is 0.486 e. The molecule has 0 radical (unpaired) electrons. The molecule has 2 amide bonds. The molecule has 0 saturated heterocycles. The minimum atomic E-state index is -0.482. The van der Waals surface area contributed by atoms with E-state index in [2.05, 4.69) is 10.6 Å². The molecule has 0 fully saturated rings. The molecule has 0 aliphatic rings. The van der Waals surface area contributed by atoms with E-state index in [-0.39, 0.29) is 30.6 Å². The number of nitrogens with one attached hydrogen (secondary N) is 2. The van der Waals surface area contributed by atoms with Crippen LogP contribution in [0.5, 0.6) is 5.75 Å². The van der Waals surface area contributed by atoms with E-state index in [4.69, 9.17) is 9.15 Å². The Bertz CT molecular complexity index is 667. The molecule has 2 rings (SSSR count). The Hall–Kier alpha value is -2.83. The fraction of sp³-hybridized carbons (Fsp3) is 0.250. The average Bonchev–Trinajstić information content (AvgIpc) is 3.01. The number of halogens is 1. The third-order valence-corrected chi connectivity index (χ3v) is 2.86. The Morgan fingerprint density at radius 3 is 2.57 bits per heavy atom. The van der Waals surface area contributed by atoms with Crippen molar-refractivity contribution in [3.05, 3.63) is 53.7 Å². The predicted octanol–water partition coefficient (Wildman–Crippen LogP) is 1.86. The zero-order valence-electron chi connectivity index (χ0n) is 12.6. The Kier molecular flexibility index (Phi) is 5.74. The van der Waals surface area contributed by atoms with Crippen molar-refractivity contribution in [3.63, 3.8) is 0 Å². The number of amides is 2. The van der Waals surface area contributed by atoms with Gasteiger partial charge in [-0.2, -0.15) is 0 Å².